The van der Waals surface area contributed by atoms with Crippen LogP contribution in [0.5, 0.6) is 0 Å². The molecule has 1 saturated heterocycles. The molecule has 4 N–H and O–H groups in total. The molecule has 2 amide bonds. The van der Waals surface area contributed by atoms with Crippen LogP contribution in [0.1, 0.15) is 23.2 Å². The van der Waals surface area contributed by atoms with Crippen molar-refractivity contribution in [2.45, 2.75) is 18.9 Å². The number of likely N-dealkylation sites (N-methyl/N-ethyl adjacent to an activating group) is 1. The summed E-state index contributed by atoms with van der Waals surface area (Å²) in [4.78, 5) is 25.7. The molecule has 0 bridgehead atoms. The number of amides is 2. The lowest BCUT2D eigenvalue weighted by molar-refractivity contribution is -0.122. The van der Waals surface area contributed by atoms with Gasteiger partial charge in [0.25, 0.3) is 5.91 Å². The maximum atomic E-state index is 12.3. The Hall–Kier alpha value is -1.60. The van der Waals surface area contributed by atoms with Gasteiger partial charge in [0, 0.05) is 36.3 Å². The van der Waals surface area contributed by atoms with Crippen molar-refractivity contribution >= 4 is 33.4 Å². The summed E-state index contributed by atoms with van der Waals surface area (Å²) < 4.78 is 0.851. The number of nitrogens with zero attached hydrogens (tertiary/aromatic N) is 1. The number of nitrogens with two attached hydrogens (primary N) is 1. The van der Waals surface area contributed by atoms with Crippen LogP contribution in [0, 0.1) is 0 Å². The Morgan fingerprint density at radius 2 is 2.05 bits per heavy atom. The van der Waals surface area contributed by atoms with E-state index < -0.39 is 0 Å². The van der Waals surface area contributed by atoms with Gasteiger partial charge in [-0.15, -0.1) is 0 Å². The number of carbonyl (C=O) groups is 2. The summed E-state index contributed by atoms with van der Waals surface area (Å²) in [5, 5.41) is 5.64. The number of hydrogen-bond donors (Lipinski definition) is 3. The van der Waals surface area contributed by atoms with Crippen LogP contribution in [0.4, 0.5) is 5.69 Å². The molecule has 1 aliphatic rings. The number of likely N-dealkylation sites (tertiary alicyclic amines) is 1. The van der Waals surface area contributed by atoms with Gasteiger partial charge < -0.3 is 16.4 Å². The zero-order valence-corrected chi connectivity index (χ0v) is 14.1. The minimum atomic E-state index is -0.144. The van der Waals surface area contributed by atoms with Gasteiger partial charge in [0.15, 0.2) is 0 Å². The molecule has 0 spiro atoms. The van der Waals surface area contributed by atoms with Crippen molar-refractivity contribution in [2.75, 3.05) is 32.4 Å². The molecule has 0 aliphatic carbocycles. The summed E-state index contributed by atoms with van der Waals surface area (Å²) >= 11 is 3.33. The van der Waals surface area contributed by atoms with Crippen LogP contribution in [0.3, 0.4) is 0 Å². The highest BCUT2D eigenvalue weighted by Crippen LogP contribution is 2.19. The first-order chi connectivity index (χ1) is 10.5. The van der Waals surface area contributed by atoms with Gasteiger partial charge in [-0.25, -0.2) is 0 Å². The van der Waals surface area contributed by atoms with E-state index in [2.05, 4.69) is 31.5 Å². The fraction of sp³-hybridized carbons (Fsp3) is 0.467. The molecule has 0 radical (unpaired) electrons. The zero-order chi connectivity index (χ0) is 16.1. The number of halogens is 1. The second-order valence-electron chi connectivity index (χ2n) is 5.43. The van der Waals surface area contributed by atoms with Gasteiger partial charge in [-0.05, 0) is 31.0 Å². The monoisotopic (exact) mass is 368 g/mol. The van der Waals surface area contributed by atoms with Crippen molar-refractivity contribution in [3.05, 3.63) is 28.2 Å². The number of carbonyl (C=O) groups excluding carboxylic acids is 2. The summed E-state index contributed by atoms with van der Waals surface area (Å²) in [6.07, 6.45) is 1.67. The topological polar surface area (TPSA) is 87.5 Å². The Morgan fingerprint density at radius 3 is 2.64 bits per heavy atom. The van der Waals surface area contributed by atoms with Crippen LogP contribution in [-0.2, 0) is 4.79 Å². The van der Waals surface area contributed by atoms with Gasteiger partial charge in [0.1, 0.15) is 0 Å². The van der Waals surface area contributed by atoms with Crippen LogP contribution in [0.2, 0.25) is 0 Å². The van der Waals surface area contributed by atoms with Crippen molar-refractivity contribution in [2.24, 2.45) is 0 Å². The van der Waals surface area contributed by atoms with Gasteiger partial charge in [-0.1, -0.05) is 15.9 Å². The standard InChI is InChI=1S/C15H21BrN4O2/c1-18-14(21)9-20-6-4-11(5-7-20)19-15(22)12-3-2-10(16)8-13(12)17/h2-3,8,11H,4-7,9,17H2,1H3,(H,18,21)(H,19,22). The highest BCUT2D eigenvalue weighted by atomic mass is 79.9. The van der Waals surface area contributed by atoms with E-state index in [0.29, 0.717) is 17.8 Å². The van der Waals surface area contributed by atoms with Crippen molar-refractivity contribution in [3.8, 4) is 0 Å². The average Bonchev–Trinajstić information content (AvgIpc) is 2.49. The van der Waals surface area contributed by atoms with E-state index in [1.165, 1.54) is 0 Å². The third-order valence-electron chi connectivity index (χ3n) is 3.83. The molecule has 6 nitrogen and oxygen atoms in total. The third-order valence-corrected chi connectivity index (χ3v) is 4.32. The minimum absolute atomic E-state index is 0.0186. The smallest absolute Gasteiger partial charge is 0.253 e. The van der Waals surface area contributed by atoms with Gasteiger partial charge >= 0.3 is 0 Å². The predicted molar refractivity (Wildman–Crippen MR) is 89.5 cm³/mol. The SMILES string of the molecule is CNC(=O)CN1CCC(NC(=O)c2ccc(Br)cc2N)CC1. The zero-order valence-electron chi connectivity index (χ0n) is 12.6. The Labute approximate surface area is 138 Å². The van der Waals surface area contributed by atoms with E-state index in [9.17, 15) is 9.59 Å². The van der Waals surface area contributed by atoms with Gasteiger partial charge in [0.05, 0.1) is 12.1 Å². The molecule has 2 rings (SSSR count). The van der Waals surface area contributed by atoms with E-state index >= 15 is 0 Å². The predicted octanol–water partition coefficient (Wildman–Crippen LogP) is 0.972. The molecule has 0 aromatic heterocycles. The largest absolute Gasteiger partial charge is 0.398 e. The Bertz CT molecular complexity index is 556. The third kappa shape index (κ3) is 4.45. The van der Waals surface area contributed by atoms with Crippen molar-refractivity contribution in [1.29, 1.82) is 0 Å². The highest BCUT2D eigenvalue weighted by molar-refractivity contribution is 9.10. The number of rotatable bonds is 4. The first kappa shape index (κ1) is 16.8. The molecule has 120 valence electrons. The van der Waals surface area contributed by atoms with E-state index in [1.54, 1.807) is 25.2 Å². The molecule has 1 aromatic rings. The van der Waals surface area contributed by atoms with Crippen LogP contribution in [0.15, 0.2) is 22.7 Å². The summed E-state index contributed by atoms with van der Waals surface area (Å²) in [5.41, 5.74) is 6.83. The fourth-order valence-electron chi connectivity index (χ4n) is 2.52. The molecular formula is C15H21BrN4O2. The summed E-state index contributed by atoms with van der Waals surface area (Å²) in [5.74, 6) is -0.125. The number of benzene rings is 1. The number of anilines is 1. The Kier molecular flexibility index (Phi) is 5.79. The summed E-state index contributed by atoms with van der Waals surface area (Å²) in [6, 6.07) is 5.37. The average molecular weight is 369 g/mol. The number of nitrogens with one attached hydrogen (secondary N) is 2. The van der Waals surface area contributed by atoms with Crippen LogP contribution >= 0.6 is 15.9 Å². The highest BCUT2D eigenvalue weighted by Gasteiger charge is 2.22. The molecule has 1 aliphatic heterocycles. The number of piperidine rings is 1. The molecule has 0 atom stereocenters. The van der Waals surface area contributed by atoms with Crippen molar-refractivity contribution < 1.29 is 9.59 Å². The fourth-order valence-corrected chi connectivity index (χ4v) is 2.90. The minimum Gasteiger partial charge on any atom is -0.398 e. The van der Waals surface area contributed by atoms with E-state index in [0.717, 1.165) is 30.4 Å². The molecule has 0 saturated carbocycles. The first-order valence-corrected chi connectivity index (χ1v) is 8.07. The lowest BCUT2D eigenvalue weighted by atomic mass is 10.0. The number of nitrogen functional groups attached to an aromatic ring is 1. The molecule has 1 aromatic carbocycles. The van der Waals surface area contributed by atoms with Gasteiger partial charge in [-0.2, -0.15) is 0 Å². The Morgan fingerprint density at radius 1 is 1.36 bits per heavy atom. The normalized spacial score (nSPS) is 16.3. The molecule has 0 unspecified atom stereocenters. The van der Waals surface area contributed by atoms with Crippen LogP contribution in [0.25, 0.3) is 0 Å². The van der Waals surface area contributed by atoms with Crippen LogP contribution in [-0.4, -0.2) is 49.4 Å². The summed E-state index contributed by atoms with van der Waals surface area (Å²) in [7, 11) is 1.64. The molecular weight excluding hydrogens is 348 g/mol. The van der Waals surface area contributed by atoms with E-state index in [4.69, 9.17) is 5.73 Å². The molecule has 22 heavy (non-hydrogen) atoms. The van der Waals surface area contributed by atoms with Gasteiger partial charge in [-0.3, -0.25) is 14.5 Å². The van der Waals surface area contributed by atoms with Crippen molar-refractivity contribution in [1.82, 2.24) is 15.5 Å². The summed E-state index contributed by atoms with van der Waals surface area (Å²) in [6.45, 7) is 2.01. The maximum Gasteiger partial charge on any atom is 0.253 e. The maximum absolute atomic E-state index is 12.3. The van der Waals surface area contributed by atoms with Gasteiger partial charge in [0.2, 0.25) is 5.91 Å². The van der Waals surface area contributed by atoms with Crippen LogP contribution < -0.4 is 16.4 Å². The van der Waals surface area contributed by atoms with Crippen molar-refractivity contribution in [3.63, 3.8) is 0 Å². The lowest BCUT2D eigenvalue weighted by Gasteiger charge is -2.31. The molecule has 1 fully saturated rings. The van der Waals surface area contributed by atoms with E-state index in [1.807, 2.05) is 0 Å². The second-order valence-corrected chi connectivity index (χ2v) is 6.34. The second kappa shape index (κ2) is 7.60. The molecule has 7 heteroatoms. The molecule has 1 heterocycles. The lowest BCUT2D eigenvalue weighted by Crippen LogP contribution is -2.47. The quantitative estimate of drug-likeness (QED) is 0.691. The Balaban J connectivity index is 1.85. The first-order valence-electron chi connectivity index (χ1n) is 7.28. The number of hydrogen-bond acceptors (Lipinski definition) is 4. The van der Waals surface area contributed by atoms with E-state index in [-0.39, 0.29) is 17.9 Å².